The van der Waals surface area contributed by atoms with Gasteiger partial charge in [-0.3, -0.25) is 19.3 Å². The molecule has 4 heterocycles. The monoisotopic (exact) mass is 469 g/mol. The number of aryl methyl sites for hydroxylation is 1. The van der Waals surface area contributed by atoms with Crippen LogP contribution in [0.4, 0.5) is 0 Å². The Hall–Kier alpha value is -2.58. The summed E-state index contributed by atoms with van der Waals surface area (Å²) in [6.45, 7) is 1.66. The van der Waals surface area contributed by atoms with Crippen molar-refractivity contribution >= 4 is 52.6 Å². The Kier molecular flexibility index (Phi) is 5.71. The number of amides is 2. The molecule has 0 radical (unpaired) electrons. The fourth-order valence-corrected chi connectivity index (χ4v) is 5.95. The predicted octanol–water partition coefficient (Wildman–Crippen LogP) is 0.201. The van der Waals surface area contributed by atoms with E-state index in [9.17, 15) is 24.3 Å². The molecule has 2 amide bonds. The minimum atomic E-state index is -1.20. The number of rotatable bonds is 7. The topological polar surface area (TPSA) is 158 Å². The van der Waals surface area contributed by atoms with Crippen molar-refractivity contribution in [3.05, 3.63) is 37.9 Å². The first-order valence-electron chi connectivity index (χ1n) is 8.62. The van der Waals surface area contributed by atoms with Crippen LogP contribution >= 0.6 is 34.9 Å². The number of H-pyrrole nitrogens is 1. The SMILES string of the molecule is Cc1nnc(SCC2=C(C(=O)O)N3C(=O)C(NC(=O)Cc4csc(=O)[nH]4)[C@@H]3SC2)o1. The number of thiazole rings is 1. The van der Waals surface area contributed by atoms with Gasteiger partial charge in [-0.15, -0.1) is 22.0 Å². The highest BCUT2D eigenvalue weighted by molar-refractivity contribution is 8.01. The number of nitrogens with one attached hydrogen (secondary N) is 2. The van der Waals surface area contributed by atoms with E-state index in [1.807, 2.05) is 0 Å². The molecule has 0 bridgehead atoms. The number of thioether (sulfide) groups is 2. The lowest BCUT2D eigenvalue weighted by Crippen LogP contribution is -2.70. The number of aromatic nitrogens is 3. The van der Waals surface area contributed by atoms with Crippen molar-refractivity contribution in [1.82, 2.24) is 25.4 Å². The van der Waals surface area contributed by atoms with Crippen LogP contribution < -0.4 is 10.2 Å². The Morgan fingerprint density at radius 1 is 1.43 bits per heavy atom. The highest BCUT2D eigenvalue weighted by atomic mass is 32.2. The van der Waals surface area contributed by atoms with Crippen molar-refractivity contribution in [3.8, 4) is 0 Å². The Labute approximate surface area is 181 Å². The number of carbonyl (C=O) groups is 3. The standard InChI is InChI=1S/C16H15N5O6S3/c1-6-19-20-16(27-6)30-4-7-3-28-13-10(12(23)21(13)11(7)14(24)25)18-9(22)2-8-5-29-15(26)17-8/h5,10,13H,2-4H2,1H3,(H,17,26)(H,18,22)(H,24,25)/t10?,13-/m0/s1. The van der Waals surface area contributed by atoms with Crippen LogP contribution in [0.5, 0.6) is 0 Å². The number of fused-ring (bicyclic) bond motifs is 1. The van der Waals surface area contributed by atoms with Crippen LogP contribution in [0, 0.1) is 6.92 Å². The Morgan fingerprint density at radius 2 is 2.23 bits per heavy atom. The molecule has 2 aromatic heterocycles. The first kappa shape index (κ1) is 20.7. The Morgan fingerprint density at radius 3 is 2.87 bits per heavy atom. The third kappa shape index (κ3) is 4.02. The summed E-state index contributed by atoms with van der Waals surface area (Å²) in [4.78, 5) is 51.3. The van der Waals surface area contributed by atoms with Crippen molar-refractivity contribution in [2.45, 2.75) is 30.0 Å². The summed E-state index contributed by atoms with van der Waals surface area (Å²) < 4.78 is 5.28. The number of β-lactam (4-membered cyclic amide) rings is 1. The zero-order chi connectivity index (χ0) is 21.4. The van der Waals surface area contributed by atoms with E-state index in [4.69, 9.17) is 4.42 Å². The number of aromatic amines is 1. The molecule has 0 aromatic carbocycles. The van der Waals surface area contributed by atoms with E-state index in [1.54, 1.807) is 12.3 Å². The second-order valence-corrected chi connectivity index (χ2v) is 9.31. The Bertz CT molecular complexity index is 1100. The van der Waals surface area contributed by atoms with Gasteiger partial charge in [-0.1, -0.05) is 23.1 Å². The van der Waals surface area contributed by atoms with Gasteiger partial charge in [0.1, 0.15) is 17.1 Å². The number of carbonyl (C=O) groups excluding carboxylic acids is 2. The third-order valence-electron chi connectivity index (χ3n) is 4.37. The average molecular weight is 470 g/mol. The van der Waals surface area contributed by atoms with Crippen LogP contribution in [0.2, 0.25) is 0 Å². The van der Waals surface area contributed by atoms with Gasteiger partial charge in [0.05, 0.1) is 6.42 Å². The maximum atomic E-state index is 12.6. The summed E-state index contributed by atoms with van der Waals surface area (Å²) in [7, 11) is 0. The molecule has 0 aliphatic carbocycles. The van der Waals surface area contributed by atoms with E-state index in [-0.39, 0.29) is 22.7 Å². The van der Waals surface area contributed by atoms with Gasteiger partial charge in [0, 0.05) is 29.5 Å². The van der Waals surface area contributed by atoms with Crippen LogP contribution in [0.1, 0.15) is 11.6 Å². The minimum absolute atomic E-state index is 0.0625. The molecule has 0 saturated carbocycles. The Balaban J connectivity index is 1.43. The quantitative estimate of drug-likeness (QED) is 0.378. The number of hydrogen-bond donors (Lipinski definition) is 3. The van der Waals surface area contributed by atoms with Crippen LogP contribution in [0.25, 0.3) is 0 Å². The van der Waals surface area contributed by atoms with Gasteiger partial charge in [0.2, 0.25) is 11.8 Å². The molecule has 2 atom stereocenters. The van der Waals surface area contributed by atoms with Crippen LogP contribution in [-0.2, 0) is 20.8 Å². The highest BCUT2D eigenvalue weighted by Crippen LogP contribution is 2.41. The van der Waals surface area contributed by atoms with E-state index in [1.165, 1.54) is 28.4 Å². The molecular formula is C16H15N5O6S3. The van der Waals surface area contributed by atoms with Crippen LogP contribution in [-0.4, -0.2) is 65.9 Å². The zero-order valence-electron chi connectivity index (χ0n) is 15.4. The largest absolute Gasteiger partial charge is 0.477 e. The van der Waals surface area contributed by atoms with Crippen molar-refractivity contribution < 1.29 is 23.9 Å². The number of carboxylic acids is 1. The average Bonchev–Trinajstić information content (AvgIpc) is 3.31. The van der Waals surface area contributed by atoms with E-state index >= 15 is 0 Å². The first-order valence-corrected chi connectivity index (χ1v) is 11.5. The number of nitrogens with zero attached hydrogens (tertiary/aromatic N) is 3. The lowest BCUT2D eigenvalue weighted by atomic mass is 10.0. The van der Waals surface area contributed by atoms with Gasteiger partial charge in [-0.25, -0.2) is 4.79 Å². The van der Waals surface area contributed by atoms with Crippen LogP contribution in [0.3, 0.4) is 0 Å². The summed E-state index contributed by atoms with van der Waals surface area (Å²) in [5.41, 5.74) is 0.961. The number of aliphatic carboxylic acids is 1. The molecule has 3 N–H and O–H groups in total. The van der Waals surface area contributed by atoms with Gasteiger partial charge in [0.25, 0.3) is 11.1 Å². The molecule has 1 unspecified atom stereocenters. The molecule has 4 rings (SSSR count). The zero-order valence-corrected chi connectivity index (χ0v) is 17.9. The van der Waals surface area contributed by atoms with Crippen molar-refractivity contribution in [2.75, 3.05) is 11.5 Å². The van der Waals surface area contributed by atoms with Gasteiger partial charge in [-0.2, -0.15) is 0 Å². The molecule has 30 heavy (non-hydrogen) atoms. The molecule has 11 nitrogen and oxygen atoms in total. The normalized spacial score (nSPS) is 20.7. The van der Waals surface area contributed by atoms with E-state index < -0.39 is 29.2 Å². The molecule has 2 aliphatic rings. The maximum absolute atomic E-state index is 12.6. The number of carboxylic acid groups (broad SMARTS) is 1. The summed E-state index contributed by atoms with van der Waals surface area (Å²) >= 11 is 3.53. The fraction of sp³-hybridized carbons (Fsp3) is 0.375. The van der Waals surface area contributed by atoms with E-state index in [2.05, 4.69) is 20.5 Å². The smallest absolute Gasteiger partial charge is 0.352 e. The van der Waals surface area contributed by atoms with E-state index in [0.29, 0.717) is 28.1 Å². The minimum Gasteiger partial charge on any atom is -0.477 e. The summed E-state index contributed by atoms with van der Waals surface area (Å²) in [5, 5.41) is 21.3. The lowest BCUT2D eigenvalue weighted by Gasteiger charge is -2.49. The van der Waals surface area contributed by atoms with Gasteiger partial charge in [0.15, 0.2) is 0 Å². The summed E-state index contributed by atoms with van der Waals surface area (Å²) in [5.74, 6) is -1.02. The first-order chi connectivity index (χ1) is 14.3. The summed E-state index contributed by atoms with van der Waals surface area (Å²) in [6, 6.07) is -0.810. The molecular weight excluding hydrogens is 454 g/mol. The van der Waals surface area contributed by atoms with Crippen molar-refractivity contribution in [3.63, 3.8) is 0 Å². The second kappa shape index (κ2) is 8.28. The second-order valence-electron chi connectivity index (χ2n) is 6.44. The molecule has 158 valence electrons. The maximum Gasteiger partial charge on any atom is 0.352 e. The molecule has 2 aliphatic heterocycles. The van der Waals surface area contributed by atoms with Crippen LogP contribution in [0.15, 0.2) is 31.1 Å². The molecule has 2 aromatic rings. The lowest BCUT2D eigenvalue weighted by molar-refractivity contribution is -0.150. The molecule has 1 fully saturated rings. The fourth-order valence-electron chi connectivity index (χ4n) is 3.08. The molecule has 0 spiro atoms. The van der Waals surface area contributed by atoms with Gasteiger partial charge >= 0.3 is 10.8 Å². The van der Waals surface area contributed by atoms with Crippen molar-refractivity contribution in [2.24, 2.45) is 0 Å². The molecule has 1 saturated heterocycles. The van der Waals surface area contributed by atoms with E-state index in [0.717, 1.165) is 11.3 Å². The van der Waals surface area contributed by atoms with Gasteiger partial charge < -0.3 is 19.8 Å². The highest BCUT2D eigenvalue weighted by Gasteiger charge is 2.54. The third-order valence-corrected chi connectivity index (χ3v) is 7.33. The van der Waals surface area contributed by atoms with Gasteiger partial charge in [-0.05, 0) is 5.57 Å². The number of hydrogen-bond acceptors (Lipinski definition) is 10. The molecule has 14 heteroatoms. The van der Waals surface area contributed by atoms with Crippen molar-refractivity contribution in [1.29, 1.82) is 0 Å². The summed E-state index contributed by atoms with van der Waals surface area (Å²) in [6.07, 6.45) is -0.0625. The predicted molar refractivity (Wildman–Crippen MR) is 108 cm³/mol.